The molecule has 4 N–H and O–H groups in total. The summed E-state index contributed by atoms with van der Waals surface area (Å²) in [7, 11) is 3.75. The van der Waals surface area contributed by atoms with Gasteiger partial charge in [0.05, 0.1) is 6.54 Å². The Hall–Kier alpha value is -2.62. The molecule has 0 spiro atoms. The number of rotatable bonds is 7. The Balaban J connectivity index is 0.00000420. The molecule has 0 atom stereocenters. The van der Waals surface area contributed by atoms with Gasteiger partial charge in [0.25, 0.3) is 5.91 Å². The second-order valence-electron chi connectivity index (χ2n) is 6.53. The molecule has 0 aromatic heterocycles. The fourth-order valence-corrected chi connectivity index (χ4v) is 2.73. The molecule has 0 heterocycles. The van der Waals surface area contributed by atoms with Crippen molar-refractivity contribution in [3.05, 3.63) is 70.8 Å². The maximum atomic E-state index is 11.9. The van der Waals surface area contributed by atoms with Crippen LogP contribution in [-0.4, -0.2) is 43.3 Å². The van der Waals surface area contributed by atoms with Crippen LogP contribution < -0.4 is 16.4 Å². The standard InChI is InChI=1S/C21H27N5O2.HI/c1-15-6-4-5-7-18(15)14-26(3)21(23-2)25-12-16-8-10-17(11-9-16)20(28)24-13-19(22)27;/h4-11H,12-14H2,1-3H3,(H2,22,27)(H,23,25)(H,24,28);1H. The van der Waals surface area contributed by atoms with Gasteiger partial charge >= 0.3 is 0 Å². The van der Waals surface area contributed by atoms with Crippen LogP contribution in [0.4, 0.5) is 0 Å². The molecule has 156 valence electrons. The van der Waals surface area contributed by atoms with Gasteiger partial charge in [0.1, 0.15) is 0 Å². The molecule has 7 nitrogen and oxygen atoms in total. The van der Waals surface area contributed by atoms with Crippen LogP contribution in [0, 0.1) is 6.92 Å². The molecule has 2 rings (SSSR count). The summed E-state index contributed by atoms with van der Waals surface area (Å²) in [5.41, 5.74) is 9.01. The highest BCUT2D eigenvalue weighted by Gasteiger charge is 2.09. The lowest BCUT2D eigenvalue weighted by molar-refractivity contribution is -0.117. The van der Waals surface area contributed by atoms with E-state index in [-0.39, 0.29) is 36.4 Å². The van der Waals surface area contributed by atoms with E-state index in [2.05, 4.69) is 39.6 Å². The molecule has 8 heteroatoms. The zero-order chi connectivity index (χ0) is 20.5. The maximum Gasteiger partial charge on any atom is 0.251 e. The number of primary amides is 1. The summed E-state index contributed by atoms with van der Waals surface area (Å²) in [6.45, 7) is 3.26. The van der Waals surface area contributed by atoms with Gasteiger partial charge in [-0.15, -0.1) is 24.0 Å². The third-order valence-corrected chi connectivity index (χ3v) is 4.33. The Labute approximate surface area is 188 Å². The van der Waals surface area contributed by atoms with Gasteiger partial charge in [-0.3, -0.25) is 14.6 Å². The third kappa shape index (κ3) is 7.72. The van der Waals surface area contributed by atoms with Gasteiger partial charge in [-0.2, -0.15) is 0 Å². The van der Waals surface area contributed by atoms with Crippen molar-refractivity contribution in [3.8, 4) is 0 Å². The Kier molecular flexibility index (Phi) is 10.1. The number of carbonyl (C=O) groups excluding carboxylic acids is 2. The summed E-state index contributed by atoms with van der Waals surface area (Å²) in [5.74, 6) is -0.117. The van der Waals surface area contributed by atoms with E-state index in [1.807, 2.05) is 31.3 Å². The molecule has 0 aliphatic carbocycles. The largest absolute Gasteiger partial charge is 0.368 e. The number of benzene rings is 2. The molecule has 0 aliphatic heterocycles. The van der Waals surface area contributed by atoms with Crippen LogP contribution in [-0.2, 0) is 17.9 Å². The van der Waals surface area contributed by atoms with Gasteiger partial charge < -0.3 is 21.3 Å². The predicted molar refractivity (Wildman–Crippen MR) is 126 cm³/mol. The van der Waals surface area contributed by atoms with Gasteiger partial charge in [-0.1, -0.05) is 36.4 Å². The van der Waals surface area contributed by atoms with Crippen molar-refractivity contribution in [2.24, 2.45) is 10.7 Å². The summed E-state index contributed by atoms with van der Waals surface area (Å²) in [6.07, 6.45) is 0. The highest BCUT2D eigenvalue weighted by atomic mass is 127. The fourth-order valence-electron chi connectivity index (χ4n) is 2.73. The van der Waals surface area contributed by atoms with Gasteiger partial charge in [0.15, 0.2) is 5.96 Å². The number of aryl methyl sites for hydroxylation is 1. The van der Waals surface area contributed by atoms with Crippen LogP contribution in [0.15, 0.2) is 53.5 Å². The maximum absolute atomic E-state index is 11.9. The summed E-state index contributed by atoms with van der Waals surface area (Å²) < 4.78 is 0. The first-order valence-electron chi connectivity index (χ1n) is 9.02. The van der Waals surface area contributed by atoms with Gasteiger partial charge in [-0.25, -0.2) is 0 Å². The SMILES string of the molecule is CN=C(NCc1ccc(C(=O)NCC(N)=O)cc1)N(C)Cc1ccccc1C.I. The first-order valence-corrected chi connectivity index (χ1v) is 9.02. The molecule has 0 bridgehead atoms. The van der Waals surface area contributed by atoms with E-state index in [1.165, 1.54) is 11.1 Å². The lowest BCUT2D eigenvalue weighted by atomic mass is 10.1. The Morgan fingerprint density at radius 1 is 1.07 bits per heavy atom. The number of nitrogens with zero attached hydrogens (tertiary/aromatic N) is 2. The molecule has 0 aliphatic rings. The molecule has 29 heavy (non-hydrogen) atoms. The average molecular weight is 509 g/mol. The smallest absolute Gasteiger partial charge is 0.251 e. The minimum absolute atomic E-state index is 0. The lowest BCUT2D eigenvalue weighted by Crippen LogP contribution is -2.38. The third-order valence-electron chi connectivity index (χ3n) is 4.33. The lowest BCUT2D eigenvalue weighted by Gasteiger charge is -2.23. The Bertz CT molecular complexity index is 852. The second kappa shape index (κ2) is 12.1. The number of halogens is 1. The number of hydrogen-bond donors (Lipinski definition) is 3. The van der Waals surface area contributed by atoms with Crippen molar-refractivity contribution in [1.82, 2.24) is 15.5 Å². The van der Waals surface area contributed by atoms with Crippen molar-refractivity contribution in [2.75, 3.05) is 20.6 Å². The van der Waals surface area contributed by atoms with Crippen LogP contribution in [0.25, 0.3) is 0 Å². The number of aliphatic imine (C=N–C) groups is 1. The Morgan fingerprint density at radius 3 is 2.31 bits per heavy atom. The molecule has 0 fully saturated rings. The topological polar surface area (TPSA) is 99.8 Å². The van der Waals surface area contributed by atoms with E-state index in [0.29, 0.717) is 12.1 Å². The first-order chi connectivity index (χ1) is 13.4. The van der Waals surface area contributed by atoms with Gasteiger partial charge in [0.2, 0.25) is 5.91 Å². The zero-order valence-corrected chi connectivity index (χ0v) is 19.3. The molecule has 2 aromatic carbocycles. The van der Waals surface area contributed by atoms with Gasteiger partial charge in [-0.05, 0) is 35.7 Å². The number of guanidine groups is 1. The number of hydrogen-bond acceptors (Lipinski definition) is 3. The van der Waals surface area contributed by atoms with Crippen LogP contribution in [0.3, 0.4) is 0 Å². The number of nitrogens with two attached hydrogens (primary N) is 1. The monoisotopic (exact) mass is 509 g/mol. The fraction of sp³-hybridized carbons (Fsp3) is 0.286. The van der Waals surface area contributed by atoms with E-state index in [1.54, 1.807) is 19.2 Å². The quantitative estimate of drug-likeness (QED) is 0.302. The number of amides is 2. The molecule has 0 radical (unpaired) electrons. The number of carbonyl (C=O) groups is 2. The van der Waals surface area contributed by atoms with Crippen LogP contribution in [0.2, 0.25) is 0 Å². The first kappa shape index (κ1) is 24.4. The molecule has 2 amide bonds. The molecule has 0 unspecified atom stereocenters. The second-order valence-corrected chi connectivity index (χ2v) is 6.53. The van der Waals surface area contributed by atoms with Crippen LogP contribution in [0.1, 0.15) is 27.0 Å². The number of nitrogens with one attached hydrogen (secondary N) is 2. The van der Waals surface area contributed by atoms with E-state index in [4.69, 9.17) is 5.73 Å². The highest BCUT2D eigenvalue weighted by molar-refractivity contribution is 14.0. The van der Waals surface area contributed by atoms with E-state index in [0.717, 1.165) is 18.1 Å². The van der Waals surface area contributed by atoms with Crippen molar-refractivity contribution >= 4 is 41.8 Å². The van der Waals surface area contributed by atoms with E-state index in [9.17, 15) is 9.59 Å². The van der Waals surface area contributed by atoms with Gasteiger partial charge in [0, 0.05) is 32.7 Å². The molecule has 2 aromatic rings. The minimum atomic E-state index is -0.574. The van der Waals surface area contributed by atoms with Crippen LogP contribution in [0.5, 0.6) is 0 Å². The predicted octanol–water partition coefficient (Wildman–Crippen LogP) is 2.04. The van der Waals surface area contributed by atoms with Crippen molar-refractivity contribution in [2.45, 2.75) is 20.0 Å². The molecule has 0 saturated heterocycles. The summed E-state index contributed by atoms with van der Waals surface area (Å²) in [6, 6.07) is 15.4. The molecular weight excluding hydrogens is 481 g/mol. The van der Waals surface area contributed by atoms with E-state index >= 15 is 0 Å². The highest BCUT2D eigenvalue weighted by Crippen LogP contribution is 2.10. The minimum Gasteiger partial charge on any atom is -0.368 e. The normalized spacial score (nSPS) is 10.7. The van der Waals surface area contributed by atoms with E-state index < -0.39 is 5.91 Å². The molecule has 0 saturated carbocycles. The average Bonchev–Trinajstić information content (AvgIpc) is 2.68. The summed E-state index contributed by atoms with van der Waals surface area (Å²) in [4.78, 5) is 29.0. The van der Waals surface area contributed by atoms with Crippen molar-refractivity contribution in [1.29, 1.82) is 0 Å². The molecular formula is C21H28IN5O2. The zero-order valence-electron chi connectivity index (χ0n) is 16.9. The van der Waals surface area contributed by atoms with Crippen LogP contribution >= 0.6 is 24.0 Å². The van der Waals surface area contributed by atoms with Crippen molar-refractivity contribution < 1.29 is 9.59 Å². The Morgan fingerprint density at radius 2 is 1.72 bits per heavy atom. The summed E-state index contributed by atoms with van der Waals surface area (Å²) >= 11 is 0. The summed E-state index contributed by atoms with van der Waals surface area (Å²) in [5, 5.41) is 5.79. The van der Waals surface area contributed by atoms with Crippen molar-refractivity contribution in [3.63, 3.8) is 0 Å².